The molecule has 1 atom stereocenters. The zero-order valence-corrected chi connectivity index (χ0v) is 9.67. The second kappa shape index (κ2) is 5.08. The van der Waals surface area contributed by atoms with E-state index in [-0.39, 0.29) is 6.04 Å². The summed E-state index contributed by atoms with van der Waals surface area (Å²) in [6.45, 7) is 1.95. The third-order valence-corrected chi connectivity index (χ3v) is 3.87. The highest BCUT2D eigenvalue weighted by Gasteiger charge is 2.25. The minimum absolute atomic E-state index is 0.147. The van der Waals surface area contributed by atoms with Crippen LogP contribution in [0.1, 0.15) is 38.5 Å². The van der Waals surface area contributed by atoms with Gasteiger partial charge in [-0.1, -0.05) is 12.8 Å². The Hall–Kier alpha value is -0.410. The highest BCUT2D eigenvalue weighted by Crippen LogP contribution is 2.22. The molecule has 0 radical (unpaired) electrons. The molecule has 0 aromatic rings. The second-order valence-corrected chi connectivity index (χ2v) is 4.93. The Morgan fingerprint density at radius 1 is 1.40 bits per heavy atom. The van der Waals surface area contributed by atoms with Gasteiger partial charge in [0.05, 0.1) is 6.04 Å². The number of Topliss-reactive ketones (excluding diaryl/α,β-unsaturated/α-hetero) is 1. The number of carbonyl (C=O) groups excluding carboxylic acids is 1. The molecule has 1 saturated carbocycles. The van der Waals surface area contributed by atoms with Gasteiger partial charge in [-0.25, -0.2) is 0 Å². The minimum Gasteiger partial charge on any atom is -0.307 e. The number of nitrogens with zero attached hydrogens (tertiary/aromatic N) is 1. The fourth-order valence-corrected chi connectivity index (χ4v) is 2.78. The molecule has 1 unspecified atom stereocenters. The van der Waals surface area contributed by atoms with Crippen molar-refractivity contribution in [2.75, 3.05) is 20.1 Å². The van der Waals surface area contributed by atoms with E-state index in [2.05, 4.69) is 17.3 Å². The van der Waals surface area contributed by atoms with Crippen LogP contribution in [0.15, 0.2) is 0 Å². The monoisotopic (exact) mass is 210 g/mol. The molecule has 3 nitrogen and oxygen atoms in total. The summed E-state index contributed by atoms with van der Waals surface area (Å²) >= 11 is 0. The van der Waals surface area contributed by atoms with Crippen LogP contribution < -0.4 is 5.32 Å². The smallest absolute Gasteiger partial charge is 0.151 e. The molecular weight excluding hydrogens is 188 g/mol. The molecule has 1 aliphatic heterocycles. The summed E-state index contributed by atoms with van der Waals surface area (Å²) in [5.41, 5.74) is 0. The fourth-order valence-electron chi connectivity index (χ4n) is 2.78. The normalized spacial score (nSPS) is 28.1. The van der Waals surface area contributed by atoms with Crippen molar-refractivity contribution >= 4 is 5.78 Å². The van der Waals surface area contributed by atoms with Crippen molar-refractivity contribution in [2.24, 2.45) is 0 Å². The molecule has 0 bridgehead atoms. The summed E-state index contributed by atoms with van der Waals surface area (Å²) in [6.07, 6.45) is 7.19. The fraction of sp³-hybridized carbons (Fsp3) is 0.917. The standard InChI is InChI=1S/C12H22N2O/c1-14(10-4-2-3-5-10)9-7-11-12(15)6-8-13-11/h10-11,13H,2-9H2,1H3. The lowest BCUT2D eigenvalue weighted by Gasteiger charge is -2.24. The molecule has 0 spiro atoms. The van der Waals surface area contributed by atoms with Crippen molar-refractivity contribution in [3.8, 4) is 0 Å². The molecule has 0 aromatic heterocycles. The molecule has 1 N–H and O–H groups in total. The van der Waals surface area contributed by atoms with Crippen molar-refractivity contribution in [2.45, 2.75) is 50.6 Å². The summed E-state index contributed by atoms with van der Waals surface area (Å²) in [5, 5.41) is 3.28. The van der Waals surface area contributed by atoms with E-state index in [9.17, 15) is 4.79 Å². The first-order chi connectivity index (χ1) is 7.27. The van der Waals surface area contributed by atoms with Crippen LogP contribution in [0.2, 0.25) is 0 Å². The lowest BCUT2D eigenvalue weighted by molar-refractivity contribution is -0.118. The predicted octanol–water partition coefficient (Wildman–Crippen LogP) is 1.18. The Kier molecular flexibility index (Phi) is 3.76. The number of hydrogen-bond acceptors (Lipinski definition) is 3. The van der Waals surface area contributed by atoms with Gasteiger partial charge in [-0.3, -0.25) is 4.79 Å². The number of nitrogens with one attached hydrogen (secondary N) is 1. The van der Waals surface area contributed by atoms with Gasteiger partial charge in [-0.2, -0.15) is 0 Å². The SMILES string of the molecule is CN(CCC1NCCC1=O)C1CCCC1. The summed E-state index contributed by atoms with van der Waals surface area (Å²) < 4.78 is 0. The highest BCUT2D eigenvalue weighted by atomic mass is 16.1. The van der Waals surface area contributed by atoms with Crippen LogP contribution in [0, 0.1) is 0 Å². The van der Waals surface area contributed by atoms with Crippen LogP contribution in [-0.4, -0.2) is 42.9 Å². The van der Waals surface area contributed by atoms with E-state index >= 15 is 0 Å². The molecule has 2 aliphatic rings. The Labute approximate surface area is 92.2 Å². The van der Waals surface area contributed by atoms with Gasteiger partial charge in [0, 0.05) is 25.6 Å². The molecular formula is C12H22N2O. The maximum Gasteiger partial charge on any atom is 0.151 e. The van der Waals surface area contributed by atoms with Crippen molar-refractivity contribution < 1.29 is 4.79 Å². The number of rotatable bonds is 4. The summed E-state index contributed by atoms with van der Waals surface area (Å²) in [4.78, 5) is 13.9. The van der Waals surface area contributed by atoms with E-state index < -0.39 is 0 Å². The lowest BCUT2D eigenvalue weighted by atomic mass is 10.1. The van der Waals surface area contributed by atoms with Gasteiger partial charge in [0.15, 0.2) is 5.78 Å². The molecule has 1 saturated heterocycles. The Morgan fingerprint density at radius 2 is 2.13 bits per heavy atom. The van der Waals surface area contributed by atoms with Crippen LogP contribution >= 0.6 is 0 Å². The zero-order valence-electron chi connectivity index (χ0n) is 9.67. The molecule has 1 heterocycles. The van der Waals surface area contributed by atoms with Gasteiger partial charge in [0.2, 0.25) is 0 Å². The third kappa shape index (κ3) is 2.79. The molecule has 1 aliphatic carbocycles. The van der Waals surface area contributed by atoms with Crippen LogP contribution in [0.3, 0.4) is 0 Å². The minimum atomic E-state index is 0.147. The first-order valence-corrected chi connectivity index (χ1v) is 6.23. The van der Waals surface area contributed by atoms with Crippen LogP contribution in [0.4, 0.5) is 0 Å². The maximum absolute atomic E-state index is 11.4. The van der Waals surface area contributed by atoms with Gasteiger partial charge in [-0.15, -0.1) is 0 Å². The van der Waals surface area contributed by atoms with Gasteiger partial charge in [0.25, 0.3) is 0 Å². The van der Waals surface area contributed by atoms with Gasteiger partial charge < -0.3 is 10.2 Å². The van der Waals surface area contributed by atoms with E-state index in [1.165, 1.54) is 25.7 Å². The molecule has 2 rings (SSSR count). The maximum atomic E-state index is 11.4. The summed E-state index contributed by atoms with van der Waals surface area (Å²) in [6, 6.07) is 0.926. The number of ketones is 1. The Bertz CT molecular complexity index is 224. The van der Waals surface area contributed by atoms with E-state index in [0.29, 0.717) is 5.78 Å². The van der Waals surface area contributed by atoms with Crippen LogP contribution in [-0.2, 0) is 4.79 Å². The van der Waals surface area contributed by atoms with Crippen molar-refractivity contribution in [1.82, 2.24) is 10.2 Å². The molecule has 15 heavy (non-hydrogen) atoms. The van der Waals surface area contributed by atoms with Crippen molar-refractivity contribution in [1.29, 1.82) is 0 Å². The molecule has 86 valence electrons. The van der Waals surface area contributed by atoms with Crippen molar-refractivity contribution in [3.05, 3.63) is 0 Å². The van der Waals surface area contributed by atoms with E-state index in [0.717, 1.165) is 32.0 Å². The Balaban J connectivity index is 1.70. The third-order valence-electron chi connectivity index (χ3n) is 3.87. The highest BCUT2D eigenvalue weighted by molar-refractivity contribution is 5.86. The van der Waals surface area contributed by atoms with Gasteiger partial charge >= 0.3 is 0 Å². The summed E-state index contributed by atoms with van der Waals surface area (Å²) in [7, 11) is 2.20. The average molecular weight is 210 g/mol. The topological polar surface area (TPSA) is 32.3 Å². The quantitative estimate of drug-likeness (QED) is 0.756. The first kappa shape index (κ1) is 11.1. The van der Waals surface area contributed by atoms with E-state index in [4.69, 9.17) is 0 Å². The molecule has 2 fully saturated rings. The molecule has 3 heteroatoms. The van der Waals surface area contributed by atoms with E-state index in [1.54, 1.807) is 0 Å². The molecule has 0 amide bonds. The van der Waals surface area contributed by atoms with Crippen LogP contribution in [0.25, 0.3) is 0 Å². The number of hydrogen-bond donors (Lipinski definition) is 1. The lowest BCUT2D eigenvalue weighted by Crippen LogP contribution is -2.36. The van der Waals surface area contributed by atoms with Gasteiger partial charge in [-0.05, 0) is 26.3 Å². The number of carbonyl (C=O) groups is 1. The summed E-state index contributed by atoms with van der Waals surface area (Å²) in [5.74, 6) is 0.412. The van der Waals surface area contributed by atoms with Crippen LogP contribution in [0.5, 0.6) is 0 Å². The second-order valence-electron chi connectivity index (χ2n) is 4.93. The predicted molar refractivity (Wildman–Crippen MR) is 60.9 cm³/mol. The zero-order chi connectivity index (χ0) is 10.7. The van der Waals surface area contributed by atoms with E-state index in [1.807, 2.05) is 0 Å². The average Bonchev–Trinajstić information content (AvgIpc) is 2.85. The Morgan fingerprint density at radius 3 is 2.73 bits per heavy atom. The van der Waals surface area contributed by atoms with Crippen molar-refractivity contribution in [3.63, 3.8) is 0 Å². The first-order valence-electron chi connectivity index (χ1n) is 6.23. The van der Waals surface area contributed by atoms with Gasteiger partial charge in [0.1, 0.15) is 0 Å². The largest absolute Gasteiger partial charge is 0.307 e. The molecule has 0 aromatic carbocycles.